The summed E-state index contributed by atoms with van der Waals surface area (Å²) in [5.74, 6) is -1.53. The van der Waals surface area contributed by atoms with Gasteiger partial charge in [-0.2, -0.15) is 0 Å². The third kappa shape index (κ3) is 4.65. The third-order valence-corrected chi connectivity index (χ3v) is 4.86. The molecule has 4 N–H and O–H groups in total. The molecule has 1 aliphatic rings. The number of urea groups is 1. The van der Waals surface area contributed by atoms with Gasteiger partial charge >= 0.3 is 6.03 Å². The Labute approximate surface area is 183 Å². The lowest BCUT2D eigenvalue weighted by molar-refractivity contribution is -0.116. The summed E-state index contributed by atoms with van der Waals surface area (Å²) in [5, 5.41) is 5.36. The molecule has 1 unspecified atom stereocenters. The Balaban J connectivity index is 1.51. The van der Waals surface area contributed by atoms with Gasteiger partial charge in [-0.15, -0.1) is 0 Å². The second-order valence-electron chi connectivity index (χ2n) is 7.02. The summed E-state index contributed by atoms with van der Waals surface area (Å²) in [4.78, 5) is 37.2. The van der Waals surface area contributed by atoms with Gasteiger partial charge in [-0.3, -0.25) is 15.0 Å². The van der Waals surface area contributed by atoms with E-state index in [-0.39, 0.29) is 5.56 Å². The first-order chi connectivity index (χ1) is 15.5. The number of hydrazine groups is 1. The number of nitrogens with one attached hydrogen (secondary N) is 4. The summed E-state index contributed by atoms with van der Waals surface area (Å²) >= 11 is 0. The molecule has 0 saturated heterocycles. The highest BCUT2D eigenvalue weighted by molar-refractivity contribution is 6.05. The topological polar surface area (TPSA) is 99.3 Å². The number of para-hydroxylation sites is 1. The Kier molecular flexibility index (Phi) is 5.94. The van der Waals surface area contributed by atoms with E-state index in [1.54, 1.807) is 12.1 Å². The molecule has 1 atom stereocenters. The number of amides is 4. The first-order valence-corrected chi connectivity index (χ1v) is 9.81. The number of rotatable bonds is 3. The summed E-state index contributed by atoms with van der Waals surface area (Å²) in [6.45, 7) is 0. The molecule has 1 heterocycles. The molecule has 7 nitrogen and oxygen atoms in total. The van der Waals surface area contributed by atoms with Crippen molar-refractivity contribution in [3.05, 3.63) is 107 Å². The minimum absolute atomic E-state index is 0.167. The van der Waals surface area contributed by atoms with Crippen LogP contribution >= 0.6 is 0 Å². The summed E-state index contributed by atoms with van der Waals surface area (Å²) in [5.41, 5.74) is 7.70. The second-order valence-corrected chi connectivity index (χ2v) is 7.02. The van der Waals surface area contributed by atoms with Gasteiger partial charge in [0.25, 0.3) is 11.8 Å². The van der Waals surface area contributed by atoms with E-state index in [2.05, 4.69) is 21.5 Å². The fourth-order valence-electron chi connectivity index (χ4n) is 3.31. The zero-order valence-electron chi connectivity index (χ0n) is 16.8. The quantitative estimate of drug-likeness (QED) is 0.480. The maximum absolute atomic E-state index is 13.0. The lowest BCUT2D eigenvalue weighted by atomic mass is 9.96. The zero-order valence-corrected chi connectivity index (χ0v) is 16.8. The Morgan fingerprint density at radius 3 is 2.28 bits per heavy atom. The molecule has 0 fully saturated rings. The van der Waals surface area contributed by atoms with Crippen molar-refractivity contribution in [2.45, 2.75) is 6.04 Å². The van der Waals surface area contributed by atoms with Crippen molar-refractivity contribution in [2.24, 2.45) is 0 Å². The van der Waals surface area contributed by atoms with Crippen molar-refractivity contribution in [3.8, 4) is 0 Å². The highest BCUT2D eigenvalue weighted by Crippen LogP contribution is 2.32. The van der Waals surface area contributed by atoms with E-state index in [4.69, 9.17) is 0 Å². The number of halogens is 1. The molecule has 8 heteroatoms. The van der Waals surface area contributed by atoms with E-state index >= 15 is 0 Å². The van der Waals surface area contributed by atoms with Gasteiger partial charge < -0.3 is 10.6 Å². The van der Waals surface area contributed by atoms with Gasteiger partial charge in [-0.25, -0.2) is 14.6 Å². The first kappa shape index (κ1) is 20.8. The number of hydrogen-bond acceptors (Lipinski definition) is 3. The Hall–Kier alpha value is -4.46. The van der Waals surface area contributed by atoms with Gasteiger partial charge in [0.2, 0.25) is 0 Å². The lowest BCUT2D eigenvalue weighted by Gasteiger charge is -2.15. The molecular weight excluding hydrogens is 411 g/mol. The predicted molar refractivity (Wildman–Crippen MR) is 118 cm³/mol. The number of carbonyl (C=O) groups excluding carboxylic acids is 3. The summed E-state index contributed by atoms with van der Waals surface area (Å²) in [6.07, 6.45) is 1.66. The fraction of sp³-hybridized carbons (Fsp3) is 0.0417. The van der Waals surface area contributed by atoms with Crippen LogP contribution in [0.2, 0.25) is 0 Å². The second kappa shape index (κ2) is 9.13. The van der Waals surface area contributed by atoms with Crippen LogP contribution in [-0.2, 0) is 4.79 Å². The van der Waals surface area contributed by atoms with Crippen LogP contribution in [0, 0.1) is 5.82 Å². The first-order valence-electron chi connectivity index (χ1n) is 9.81. The summed E-state index contributed by atoms with van der Waals surface area (Å²) < 4.78 is 13.0. The molecule has 3 aromatic rings. The minimum Gasteiger partial charge on any atom is -0.323 e. The Bertz CT molecular complexity index is 1190. The fourth-order valence-corrected chi connectivity index (χ4v) is 3.31. The molecule has 4 rings (SSSR count). The molecule has 0 spiro atoms. The normalized spacial score (nSPS) is 14.8. The molecule has 32 heavy (non-hydrogen) atoms. The largest absolute Gasteiger partial charge is 0.334 e. The molecule has 160 valence electrons. The average molecular weight is 430 g/mol. The van der Waals surface area contributed by atoms with Crippen LogP contribution in [0.1, 0.15) is 21.5 Å². The molecule has 1 aliphatic heterocycles. The van der Waals surface area contributed by atoms with Crippen molar-refractivity contribution in [1.29, 1.82) is 0 Å². The number of carbonyl (C=O) groups is 3. The monoisotopic (exact) mass is 430 g/mol. The summed E-state index contributed by atoms with van der Waals surface area (Å²) in [7, 11) is 0. The van der Waals surface area contributed by atoms with Crippen LogP contribution in [0.3, 0.4) is 0 Å². The van der Waals surface area contributed by atoms with Crippen molar-refractivity contribution < 1.29 is 18.8 Å². The number of anilines is 1. The molecular formula is C24H19FN4O3. The Morgan fingerprint density at radius 1 is 0.844 bits per heavy atom. The van der Waals surface area contributed by atoms with E-state index < -0.39 is 29.7 Å². The van der Waals surface area contributed by atoms with E-state index in [9.17, 15) is 18.8 Å². The van der Waals surface area contributed by atoms with Crippen molar-refractivity contribution >= 4 is 29.1 Å². The SMILES string of the molecule is O=C(NNC(=O)c1ccc(F)cc1)NC1C=C(c2ccccc2)c2ccccc2NC1=O. The van der Waals surface area contributed by atoms with Gasteiger partial charge in [0, 0.05) is 16.8 Å². The average Bonchev–Trinajstić information content (AvgIpc) is 2.95. The standard InChI is InChI=1S/C24H19FN4O3/c25-17-12-10-16(11-13-17)22(30)28-29-24(32)27-21-14-19(15-6-2-1-3-7-15)18-8-4-5-9-20(18)26-23(21)31/h1-14,21H,(H,26,31)(H,28,30)(H2,27,29,32). The number of fused-ring (bicyclic) bond motifs is 1. The minimum atomic E-state index is -1.000. The summed E-state index contributed by atoms with van der Waals surface area (Å²) in [6, 6.07) is 19.9. The van der Waals surface area contributed by atoms with Crippen LogP contribution < -0.4 is 21.5 Å². The molecule has 0 saturated carbocycles. The van der Waals surface area contributed by atoms with E-state index in [0.29, 0.717) is 5.69 Å². The van der Waals surface area contributed by atoms with Gasteiger partial charge in [-0.1, -0.05) is 48.5 Å². The molecule has 0 bridgehead atoms. The van der Waals surface area contributed by atoms with Gasteiger partial charge in [0.15, 0.2) is 0 Å². The van der Waals surface area contributed by atoms with Crippen LogP contribution in [-0.4, -0.2) is 23.9 Å². The molecule has 3 aromatic carbocycles. The maximum atomic E-state index is 13.0. The van der Waals surface area contributed by atoms with Crippen LogP contribution in [0.25, 0.3) is 5.57 Å². The van der Waals surface area contributed by atoms with E-state index in [1.807, 2.05) is 48.5 Å². The highest BCUT2D eigenvalue weighted by Gasteiger charge is 2.25. The third-order valence-electron chi connectivity index (χ3n) is 4.86. The lowest BCUT2D eigenvalue weighted by Crippen LogP contribution is -2.52. The Morgan fingerprint density at radius 2 is 1.53 bits per heavy atom. The number of benzene rings is 3. The molecule has 4 amide bonds. The van der Waals surface area contributed by atoms with Gasteiger partial charge in [-0.05, 0) is 47.5 Å². The smallest absolute Gasteiger partial charge is 0.323 e. The molecule has 0 aliphatic carbocycles. The predicted octanol–water partition coefficient (Wildman–Crippen LogP) is 3.22. The molecule has 0 radical (unpaired) electrons. The van der Waals surface area contributed by atoms with E-state index in [0.717, 1.165) is 28.8 Å². The zero-order chi connectivity index (χ0) is 22.5. The van der Waals surface area contributed by atoms with Crippen LogP contribution in [0.4, 0.5) is 14.9 Å². The van der Waals surface area contributed by atoms with Crippen molar-refractivity contribution in [2.75, 3.05) is 5.32 Å². The van der Waals surface area contributed by atoms with Crippen molar-refractivity contribution in [1.82, 2.24) is 16.2 Å². The van der Waals surface area contributed by atoms with Crippen molar-refractivity contribution in [3.63, 3.8) is 0 Å². The number of hydrogen-bond donors (Lipinski definition) is 4. The van der Waals surface area contributed by atoms with Gasteiger partial charge in [0.05, 0.1) is 0 Å². The van der Waals surface area contributed by atoms with Crippen LogP contribution in [0.5, 0.6) is 0 Å². The highest BCUT2D eigenvalue weighted by atomic mass is 19.1. The van der Waals surface area contributed by atoms with E-state index in [1.165, 1.54) is 12.1 Å². The van der Waals surface area contributed by atoms with Gasteiger partial charge in [0.1, 0.15) is 11.9 Å². The van der Waals surface area contributed by atoms with Crippen LogP contribution in [0.15, 0.2) is 84.9 Å². The maximum Gasteiger partial charge on any atom is 0.334 e. The molecule has 0 aromatic heterocycles.